The van der Waals surface area contributed by atoms with Crippen molar-refractivity contribution in [3.63, 3.8) is 0 Å². The average molecular weight is 467 g/mol. The summed E-state index contributed by atoms with van der Waals surface area (Å²) in [7, 11) is 1.73. The number of nitrogens with zero attached hydrogens (tertiary/aromatic N) is 2. The summed E-state index contributed by atoms with van der Waals surface area (Å²) in [6, 6.07) is 12.4. The van der Waals surface area contributed by atoms with Crippen molar-refractivity contribution in [3.05, 3.63) is 70.6 Å². The van der Waals surface area contributed by atoms with E-state index in [0.29, 0.717) is 46.3 Å². The van der Waals surface area contributed by atoms with E-state index < -0.39 is 5.91 Å². The Balaban J connectivity index is 1.34. The quantitative estimate of drug-likeness (QED) is 0.551. The zero-order valence-electron chi connectivity index (χ0n) is 18.3. The first kappa shape index (κ1) is 22.3. The number of benzene rings is 2. The summed E-state index contributed by atoms with van der Waals surface area (Å²) in [6.07, 6.45) is 0. The van der Waals surface area contributed by atoms with Gasteiger partial charge < -0.3 is 24.2 Å². The number of nitrogens with one attached hydrogen (secondary N) is 2. The molecule has 3 aromatic rings. The third kappa shape index (κ3) is 4.96. The van der Waals surface area contributed by atoms with Crippen molar-refractivity contribution in [3.8, 4) is 11.5 Å². The molecule has 170 valence electrons. The molecule has 1 aromatic heterocycles. The SMILES string of the molecule is Cc1noc(C)c1C(=O)NC(=S)Nc1ccc(C(=O)N(C)Cc2ccc3c(c2)OCO3)cc1. The molecule has 2 amide bonds. The molecule has 2 heterocycles. The van der Waals surface area contributed by atoms with Gasteiger partial charge >= 0.3 is 0 Å². The summed E-state index contributed by atoms with van der Waals surface area (Å²) < 4.78 is 15.7. The Morgan fingerprint density at radius 2 is 1.82 bits per heavy atom. The molecule has 0 fully saturated rings. The van der Waals surface area contributed by atoms with Crippen LogP contribution in [-0.2, 0) is 6.54 Å². The topological polar surface area (TPSA) is 106 Å². The summed E-state index contributed by atoms with van der Waals surface area (Å²) >= 11 is 5.22. The second-order valence-electron chi connectivity index (χ2n) is 7.53. The van der Waals surface area contributed by atoms with Crippen molar-refractivity contribution in [1.29, 1.82) is 0 Å². The van der Waals surface area contributed by atoms with Crippen LogP contribution in [-0.4, -0.2) is 40.8 Å². The van der Waals surface area contributed by atoms with Gasteiger partial charge in [0.25, 0.3) is 11.8 Å². The van der Waals surface area contributed by atoms with Crippen molar-refractivity contribution in [2.75, 3.05) is 19.2 Å². The number of ether oxygens (including phenoxy) is 2. The van der Waals surface area contributed by atoms with Gasteiger partial charge in [-0.3, -0.25) is 14.9 Å². The molecule has 9 nitrogen and oxygen atoms in total. The van der Waals surface area contributed by atoms with Crippen LogP contribution >= 0.6 is 12.2 Å². The Morgan fingerprint density at radius 1 is 1.09 bits per heavy atom. The molecule has 0 aliphatic carbocycles. The minimum absolute atomic E-state index is 0.124. The first-order valence-corrected chi connectivity index (χ1v) is 10.5. The first-order chi connectivity index (χ1) is 15.8. The van der Waals surface area contributed by atoms with Gasteiger partial charge in [0.05, 0.1) is 5.69 Å². The maximum Gasteiger partial charge on any atom is 0.262 e. The molecule has 0 spiro atoms. The lowest BCUT2D eigenvalue weighted by Gasteiger charge is -2.18. The van der Waals surface area contributed by atoms with E-state index in [1.165, 1.54) is 0 Å². The molecule has 10 heteroatoms. The van der Waals surface area contributed by atoms with E-state index in [0.717, 1.165) is 5.56 Å². The van der Waals surface area contributed by atoms with Crippen LogP contribution < -0.4 is 20.1 Å². The molecule has 2 N–H and O–H groups in total. The Morgan fingerprint density at radius 3 is 2.52 bits per heavy atom. The number of carbonyl (C=O) groups is 2. The van der Waals surface area contributed by atoms with Crippen molar-refractivity contribution in [1.82, 2.24) is 15.4 Å². The predicted molar refractivity (Wildman–Crippen MR) is 124 cm³/mol. The van der Waals surface area contributed by atoms with Crippen LogP contribution in [0.1, 0.15) is 37.7 Å². The highest BCUT2D eigenvalue weighted by Gasteiger charge is 2.19. The Hall–Kier alpha value is -3.92. The second kappa shape index (κ2) is 9.29. The van der Waals surface area contributed by atoms with Crippen LogP contribution in [0.4, 0.5) is 5.69 Å². The second-order valence-corrected chi connectivity index (χ2v) is 7.94. The summed E-state index contributed by atoms with van der Waals surface area (Å²) in [6.45, 7) is 3.97. The van der Waals surface area contributed by atoms with Gasteiger partial charge in [-0.15, -0.1) is 0 Å². The molecule has 0 atom stereocenters. The van der Waals surface area contributed by atoms with Gasteiger partial charge in [0.2, 0.25) is 6.79 Å². The number of anilines is 1. The number of rotatable bonds is 5. The standard InChI is InChI=1S/C23H22N4O5S/c1-13-20(14(2)32-26-13)21(28)25-23(33)24-17-7-5-16(6-8-17)22(29)27(3)11-15-4-9-18-19(10-15)31-12-30-18/h4-10H,11-12H2,1-3H3,(H2,24,25,28,33). The maximum absolute atomic E-state index is 12.8. The molecule has 0 saturated carbocycles. The van der Waals surface area contributed by atoms with E-state index in [1.807, 2.05) is 18.2 Å². The van der Waals surface area contributed by atoms with Crippen molar-refractivity contribution in [2.45, 2.75) is 20.4 Å². The lowest BCUT2D eigenvalue weighted by molar-refractivity contribution is 0.0784. The van der Waals surface area contributed by atoms with E-state index in [4.69, 9.17) is 26.2 Å². The largest absolute Gasteiger partial charge is 0.454 e. The minimum atomic E-state index is -0.402. The fraction of sp³-hybridized carbons (Fsp3) is 0.217. The number of hydrogen-bond acceptors (Lipinski definition) is 7. The highest BCUT2D eigenvalue weighted by Crippen LogP contribution is 2.32. The smallest absolute Gasteiger partial charge is 0.262 e. The van der Waals surface area contributed by atoms with E-state index in [-0.39, 0.29) is 17.8 Å². The molecule has 1 aliphatic rings. The third-order valence-corrected chi connectivity index (χ3v) is 5.28. The van der Waals surface area contributed by atoms with E-state index >= 15 is 0 Å². The lowest BCUT2D eigenvalue weighted by Crippen LogP contribution is -2.34. The number of thiocarbonyl (C=S) groups is 1. The van der Waals surface area contributed by atoms with E-state index in [1.54, 1.807) is 50.1 Å². The Bertz CT molecular complexity index is 1200. The predicted octanol–water partition coefficient (Wildman–Crippen LogP) is 3.42. The zero-order valence-corrected chi connectivity index (χ0v) is 19.1. The number of carbonyl (C=O) groups excluding carboxylic acids is 2. The molecule has 0 bridgehead atoms. The van der Waals surface area contributed by atoms with Gasteiger partial charge in [-0.05, 0) is 68.0 Å². The molecular weight excluding hydrogens is 444 g/mol. The van der Waals surface area contributed by atoms with Crippen LogP contribution in [0.2, 0.25) is 0 Å². The van der Waals surface area contributed by atoms with E-state index in [9.17, 15) is 9.59 Å². The highest BCUT2D eigenvalue weighted by atomic mass is 32.1. The van der Waals surface area contributed by atoms with Crippen LogP contribution in [0.25, 0.3) is 0 Å². The first-order valence-electron chi connectivity index (χ1n) is 10.1. The molecule has 0 radical (unpaired) electrons. The highest BCUT2D eigenvalue weighted by molar-refractivity contribution is 7.80. The summed E-state index contributed by atoms with van der Waals surface area (Å²) in [4.78, 5) is 26.8. The Labute approximate surface area is 195 Å². The minimum Gasteiger partial charge on any atom is -0.454 e. The van der Waals surface area contributed by atoms with Gasteiger partial charge in [-0.2, -0.15) is 0 Å². The third-order valence-electron chi connectivity index (χ3n) is 5.08. The van der Waals surface area contributed by atoms with Gasteiger partial charge in [-0.1, -0.05) is 11.2 Å². The Kier molecular flexibility index (Phi) is 6.27. The van der Waals surface area contributed by atoms with Crippen molar-refractivity contribution >= 4 is 34.8 Å². The van der Waals surface area contributed by atoms with Gasteiger partial charge in [-0.25, -0.2) is 0 Å². The number of amides is 2. The molecule has 0 unspecified atom stereocenters. The molecule has 1 aliphatic heterocycles. The number of fused-ring (bicyclic) bond motifs is 1. The monoisotopic (exact) mass is 466 g/mol. The van der Waals surface area contributed by atoms with Crippen LogP contribution in [0, 0.1) is 13.8 Å². The number of aromatic nitrogens is 1. The molecule has 2 aromatic carbocycles. The van der Waals surface area contributed by atoms with Gasteiger partial charge in [0, 0.05) is 24.8 Å². The maximum atomic E-state index is 12.8. The molecule has 4 rings (SSSR count). The van der Waals surface area contributed by atoms with Gasteiger partial charge in [0.15, 0.2) is 16.6 Å². The average Bonchev–Trinajstić information content (AvgIpc) is 3.39. The molecule has 0 saturated heterocycles. The molecule has 33 heavy (non-hydrogen) atoms. The van der Waals surface area contributed by atoms with Crippen LogP contribution in [0.5, 0.6) is 11.5 Å². The van der Waals surface area contributed by atoms with Crippen molar-refractivity contribution < 1.29 is 23.6 Å². The van der Waals surface area contributed by atoms with E-state index in [2.05, 4.69) is 15.8 Å². The summed E-state index contributed by atoms with van der Waals surface area (Å²) in [5.41, 5.74) is 2.93. The normalized spacial score (nSPS) is 11.7. The number of hydrogen-bond donors (Lipinski definition) is 2. The fourth-order valence-electron chi connectivity index (χ4n) is 3.44. The van der Waals surface area contributed by atoms with Crippen LogP contribution in [0.3, 0.4) is 0 Å². The van der Waals surface area contributed by atoms with Crippen molar-refractivity contribution in [2.24, 2.45) is 0 Å². The zero-order chi connectivity index (χ0) is 23.5. The summed E-state index contributed by atoms with van der Waals surface area (Å²) in [5, 5.41) is 9.42. The summed E-state index contributed by atoms with van der Waals surface area (Å²) in [5.74, 6) is 1.27. The number of aryl methyl sites for hydroxylation is 2. The lowest BCUT2D eigenvalue weighted by atomic mass is 10.1. The fourth-order valence-corrected chi connectivity index (χ4v) is 3.65. The van der Waals surface area contributed by atoms with Gasteiger partial charge in [0.1, 0.15) is 11.3 Å². The molecular formula is C23H22N4O5S. The van der Waals surface area contributed by atoms with Crippen LogP contribution in [0.15, 0.2) is 47.0 Å².